The van der Waals surface area contributed by atoms with Gasteiger partial charge in [-0.05, 0) is 6.54 Å². The number of carbonyl (C=O) groups is 1. The van der Waals surface area contributed by atoms with Crippen LogP contribution in [0.1, 0.15) is 13.8 Å². The molecule has 0 aliphatic rings. The Balaban J connectivity index is 2.89. The molecule has 0 spiro atoms. The minimum Gasteiger partial charge on any atom is -0.378 e. The molecular formula is C10H23N3O2. The number of carbonyl (C=O) groups excluding carboxylic acids is 1. The van der Waals surface area contributed by atoms with Crippen LogP contribution in [0.4, 0.5) is 0 Å². The van der Waals surface area contributed by atoms with Gasteiger partial charge in [0.25, 0.3) is 0 Å². The summed E-state index contributed by atoms with van der Waals surface area (Å²) >= 11 is 0. The van der Waals surface area contributed by atoms with E-state index in [9.17, 15) is 4.79 Å². The first-order valence-corrected chi connectivity index (χ1v) is 5.51. The van der Waals surface area contributed by atoms with Crippen molar-refractivity contribution in [2.24, 2.45) is 0 Å². The molecule has 0 bridgehead atoms. The molecule has 5 nitrogen and oxygen atoms in total. The molecule has 3 N–H and O–H groups in total. The lowest BCUT2D eigenvalue weighted by atomic mass is 10.5. The predicted molar refractivity (Wildman–Crippen MR) is 60.9 cm³/mol. The number of rotatable bonds is 10. The largest absolute Gasteiger partial charge is 0.378 e. The number of nitrogens with one attached hydrogen (secondary N) is 3. The number of likely N-dealkylation sites (N-methyl/N-ethyl adjacent to an activating group) is 1. The van der Waals surface area contributed by atoms with Gasteiger partial charge in [0.15, 0.2) is 0 Å². The average Bonchev–Trinajstić information content (AvgIpc) is 2.20. The van der Waals surface area contributed by atoms with Gasteiger partial charge in [-0.3, -0.25) is 4.79 Å². The first-order valence-electron chi connectivity index (χ1n) is 5.51. The summed E-state index contributed by atoms with van der Waals surface area (Å²) < 4.78 is 5.29. The second-order valence-corrected chi connectivity index (χ2v) is 3.20. The van der Waals surface area contributed by atoms with Crippen LogP contribution in [0.25, 0.3) is 0 Å². The topological polar surface area (TPSA) is 62.4 Å². The molecule has 0 aromatic heterocycles. The minimum absolute atomic E-state index is 0.0117. The quantitative estimate of drug-likeness (QED) is 0.425. The first-order chi connectivity index (χ1) is 7.27. The van der Waals surface area contributed by atoms with Gasteiger partial charge >= 0.3 is 0 Å². The van der Waals surface area contributed by atoms with Gasteiger partial charge in [0.05, 0.1) is 13.2 Å². The molecule has 0 saturated carbocycles. The molecule has 15 heavy (non-hydrogen) atoms. The van der Waals surface area contributed by atoms with E-state index in [1.807, 2.05) is 0 Å². The Morgan fingerprint density at radius 2 is 1.73 bits per heavy atom. The Morgan fingerprint density at radius 3 is 2.40 bits per heavy atom. The van der Waals surface area contributed by atoms with Crippen LogP contribution in [-0.4, -0.2) is 51.8 Å². The van der Waals surface area contributed by atoms with E-state index in [4.69, 9.17) is 4.74 Å². The maximum absolute atomic E-state index is 10.5. The van der Waals surface area contributed by atoms with E-state index in [0.29, 0.717) is 19.8 Å². The molecule has 5 heteroatoms. The lowest BCUT2D eigenvalue weighted by molar-refractivity contribution is -0.119. The summed E-state index contributed by atoms with van der Waals surface area (Å²) in [7, 11) is 0. The van der Waals surface area contributed by atoms with Crippen molar-refractivity contribution in [3.05, 3.63) is 0 Å². The zero-order valence-electron chi connectivity index (χ0n) is 9.77. The van der Waals surface area contributed by atoms with Crippen LogP contribution in [0, 0.1) is 0 Å². The molecule has 0 atom stereocenters. The fourth-order valence-electron chi connectivity index (χ4n) is 1.02. The molecule has 0 unspecified atom stereocenters. The molecule has 0 rings (SSSR count). The third-order valence-corrected chi connectivity index (χ3v) is 1.77. The first kappa shape index (κ1) is 14.3. The summed E-state index contributed by atoms with van der Waals surface area (Å²) in [6, 6.07) is 0. The highest BCUT2D eigenvalue weighted by molar-refractivity contribution is 5.72. The molecule has 0 aromatic carbocycles. The van der Waals surface area contributed by atoms with Crippen LogP contribution < -0.4 is 16.0 Å². The van der Waals surface area contributed by atoms with Crippen molar-refractivity contribution in [3.63, 3.8) is 0 Å². The summed E-state index contributed by atoms with van der Waals surface area (Å²) in [6.45, 7) is 9.26. The molecule has 0 fully saturated rings. The number of hydrogen-bond acceptors (Lipinski definition) is 4. The molecule has 0 aromatic rings. The Morgan fingerprint density at radius 1 is 1.07 bits per heavy atom. The smallest absolute Gasteiger partial charge is 0.216 e. The maximum atomic E-state index is 10.5. The van der Waals surface area contributed by atoms with E-state index in [1.165, 1.54) is 6.92 Å². The summed E-state index contributed by atoms with van der Waals surface area (Å²) in [5, 5.41) is 9.14. The van der Waals surface area contributed by atoms with Crippen LogP contribution in [0.2, 0.25) is 0 Å². The van der Waals surface area contributed by atoms with E-state index >= 15 is 0 Å². The van der Waals surface area contributed by atoms with Crippen molar-refractivity contribution in [2.75, 3.05) is 45.9 Å². The Kier molecular flexibility index (Phi) is 10.9. The van der Waals surface area contributed by atoms with Crippen LogP contribution in [0.3, 0.4) is 0 Å². The summed E-state index contributed by atoms with van der Waals surface area (Å²) in [6.07, 6.45) is 0. The third kappa shape index (κ3) is 13.3. The Hall–Kier alpha value is -0.650. The molecule has 0 saturated heterocycles. The van der Waals surface area contributed by atoms with Gasteiger partial charge in [-0.15, -0.1) is 0 Å². The highest BCUT2D eigenvalue weighted by Crippen LogP contribution is 1.72. The molecule has 90 valence electrons. The summed E-state index contributed by atoms with van der Waals surface area (Å²) in [4.78, 5) is 10.5. The molecule has 1 amide bonds. The molecule has 0 heterocycles. The van der Waals surface area contributed by atoms with Gasteiger partial charge in [-0.25, -0.2) is 0 Å². The van der Waals surface area contributed by atoms with E-state index < -0.39 is 0 Å². The van der Waals surface area contributed by atoms with Crippen LogP contribution >= 0.6 is 0 Å². The zero-order chi connectivity index (χ0) is 11.4. The van der Waals surface area contributed by atoms with Gasteiger partial charge in [0, 0.05) is 33.1 Å². The van der Waals surface area contributed by atoms with Crippen molar-refractivity contribution < 1.29 is 9.53 Å². The Bertz CT molecular complexity index is 154. The maximum Gasteiger partial charge on any atom is 0.216 e. The number of ether oxygens (including phenoxy) is 1. The van der Waals surface area contributed by atoms with E-state index in [0.717, 1.165) is 26.2 Å². The highest BCUT2D eigenvalue weighted by atomic mass is 16.5. The van der Waals surface area contributed by atoms with E-state index in [1.54, 1.807) is 0 Å². The molecular weight excluding hydrogens is 194 g/mol. The van der Waals surface area contributed by atoms with E-state index in [2.05, 4.69) is 22.9 Å². The zero-order valence-corrected chi connectivity index (χ0v) is 9.77. The van der Waals surface area contributed by atoms with Crippen LogP contribution in [0.15, 0.2) is 0 Å². The van der Waals surface area contributed by atoms with Crippen LogP contribution in [-0.2, 0) is 9.53 Å². The lowest BCUT2D eigenvalue weighted by Gasteiger charge is -2.06. The fourth-order valence-corrected chi connectivity index (χ4v) is 1.02. The normalized spacial score (nSPS) is 10.3. The van der Waals surface area contributed by atoms with Gasteiger partial charge in [-0.2, -0.15) is 0 Å². The second kappa shape index (κ2) is 11.4. The van der Waals surface area contributed by atoms with Crippen molar-refractivity contribution in [2.45, 2.75) is 13.8 Å². The van der Waals surface area contributed by atoms with E-state index in [-0.39, 0.29) is 5.91 Å². The van der Waals surface area contributed by atoms with Gasteiger partial charge in [-0.1, -0.05) is 6.92 Å². The average molecular weight is 217 g/mol. The van der Waals surface area contributed by atoms with Gasteiger partial charge in [0.2, 0.25) is 5.91 Å². The van der Waals surface area contributed by atoms with Crippen LogP contribution in [0.5, 0.6) is 0 Å². The van der Waals surface area contributed by atoms with Gasteiger partial charge < -0.3 is 20.7 Å². The third-order valence-electron chi connectivity index (χ3n) is 1.77. The van der Waals surface area contributed by atoms with Crippen molar-refractivity contribution in [3.8, 4) is 0 Å². The highest BCUT2D eigenvalue weighted by Gasteiger charge is 1.91. The minimum atomic E-state index is -0.0117. The van der Waals surface area contributed by atoms with Crippen molar-refractivity contribution in [1.82, 2.24) is 16.0 Å². The SMILES string of the molecule is CCNCCNCCOCCNC(C)=O. The van der Waals surface area contributed by atoms with Gasteiger partial charge in [0.1, 0.15) is 0 Å². The summed E-state index contributed by atoms with van der Waals surface area (Å²) in [5.41, 5.74) is 0. The van der Waals surface area contributed by atoms with Crippen molar-refractivity contribution >= 4 is 5.91 Å². The lowest BCUT2D eigenvalue weighted by Crippen LogP contribution is -2.30. The molecule has 0 aliphatic heterocycles. The number of amides is 1. The monoisotopic (exact) mass is 217 g/mol. The molecule has 0 aliphatic carbocycles. The number of hydrogen-bond donors (Lipinski definition) is 3. The second-order valence-electron chi connectivity index (χ2n) is 3.20. The molecule has 0 radical (unpaired) electrons. The fraction of sp³-hybridized carbons (Fsp3) is 0.900. The Labute approximate surface area is 91.9 Å². The van der Waals surface area contributed by atoms with Crippen molar-refractivity contribution in [1.29, 1.82) is 0 Å². The standard InChI is InChI=1S/C10H23N3O2/c1-3-11-4-5-12-6-8-15-9-7-13-10(2)14/h11-12H,3-9H2,1-2H3,(H,13,14). The predicted octanol–water partition coefficient (Wildman–Crippen LogP) is -0.662. The summed E-state index contributed by atoms with van der Waals surface area (Å²) in [5.74, 6) is -0.0117.